The Kier molecular flexibility index (Phi) is 5.17. The van der Waals surface area contributed by atoms with E-state index in [0.29, 0.717) is 22.5 Å². The molecule has 4 nitrogen and oxygen atoms in total. The fraction of sp³-hybridized carbons (Fsp3) is 0.533. The maximum atomic E-state index is 11.8. The van der Waals surface area contributed by atoms with Gasteiger partial charge in [0.25, 0.3) is 0 Å². The maximum absolute atomic E-state index is 11.8. The van der Waals surface area contributed by atoms with E-state index in [2.05, 4.69) is 12.2 Å². The van der Waals surface area contributed by atoms with Crippen LogP contribution in [0.25, 0.3) is 0 Å². The van der Waals surface area contributed by atoms with Crippen molar-refractivity contribution in [3.63, 3.8) is 0 Å². The molecule has 3 N–H and O–H groups in total. The second-order valence-corrected chi connectivity index (χ2v) is 6.49. The van der Waals surface area contributed by atoms with Gasteiger partial charge in [-0.3, -0.25) is 0 Å². The van der Waals surface area contributed by atoms with Gasteiger partial charge in [-0.25, -0.2) is 4.79 Å². The number of carbonyl (C=O) groups is 1. The van der Waals surface area contributed by atoms with Crippen molar-refractivity contribution in [3.05, 3.63) is 23.8 Å². The van der Waals surface area contributed by atoms with Crippen LogP contribution >= 0.6 is 11.8 Å². The zero-order valence-corrected chi connectivity index (χ0v) is 12.8. The number of nitrogens with two attached hydrogens (primary N) is 1. The van der Waals surface area contributed by atoms with E-state index in [0.717, 1.165) is 17.9 Å². The van der Waals surface area contributed by atoms with Crippen molar-refractivity contribution in [2.24, 2.45) is 0 Å². The van der Waals surface area contributed by atoms with Crippen molar-refractivity contribution in [2.45, 2.75) is 37.5 Å². The van der Waals surface area contributed by atoms with Crippen LogP contribution in [0.1, 0.15) is 36.5 Å². The summed E-state index contributed by atoms with van der Waals surface area (Å²) < 4.78 is 4.83. The highest BCUT2D eigenvalue weighted by Gasteiger charge is 2.28. The molecule has 2 unspecified atom stereocenters. The van der Waals surface area contributed by atoms with Crippen molar-refractivity contribution >= 4 is 29.1 Å². The lowest BCUT2D eigenvalue weighted by atomic mass is 10.1. The van der Waals surface area contributed by atoms with Gasteiger partial charge in [-0.15, -0.1) is 0 Å². The first-order valence-electron chi connectivity index (χ1n) is 7.01. The predicted molar refractivity (Wildman–Crippen MR) is 85.4 cm³/mol. The number of benzene rings is 1. The topological polar surface area (TPSA) is 64.3 Å². The van der Waals surface area contributed by atoms with E-state index in [1.54, 1.807) is 6.07 Å². The lowest BCUT2D eigenvalue weighted by Crippen LogP contribution is -2.27. The number of rotatable bonds is 5. The van der Waals surface area contributed by atoms with Gasteiger partial charge in [0, 0.05) is 22.7 Å². The third kappa shape index (κ3) is 3.39. The molecule has 1 aliphatic carbocycles. The third-order valence-corrected chi connectivity index (χ3v) is 4.95. The molecule has 0 radical (unpaired) electrons. The molecule has 2 rings (SSSR count). The molecule has 0 heterocycles. The molecular weight excluding hydrogens is 272 g/mol. The van der Waals surface area contributed by atoms with E-state index in [1.807, 2.05) is 23.9 Å². The SMILES string of the molecule is CCSC1CCCC1Nc1ccc(N)cc1C(=O)OC. The Bertz CT molecular complexity index is 479. The van der Waals surface area contributed by atoms with E-state index < -0.39 is 0 Å². The molecule has 110 valence electrons. The van der Waals surface area contributed by atoms with Crippen molar-refractivity contribution in [2.75, 3.05) is 23.9 Å². The molecule has 0 saturated heterocycles. The average molecular weight is 294 g/mol. The second kappa shape index (κ2) is 6.88. The van der Waals surface area contributed by atoms with Gasteiger partial charge >= 0.3 is 5.97 Å². The molecule has 1 aromatic rings. The fourth-order valence-electron chi connectivity index (χ4n) is 2.67. The Hall–Kier alpha value is -1.36. The Balaban J connectivity index is 2.18. The summed E-state index contributed by atoms with van der Waals surface area (Å²) in [5, 5.41) is 4.12. The van der Waals surface area contributed by atoms with E-state index >= 15 is 0 Å². The number of thioether (sulfide) groups is 1. The number of anilines is 2. The molecule has 20 heavy (non-hydrogen) atoms. The minimum absolute atomic E-state index is 0.350. The summed E-state index contributed by atoms with van der Waals surface area (Å²) in [5.41, 5.74) is 7.67. The summed E-state index contributed by atoms with van der Waals surface area (Å²) in [4.78, 5) is 11.8. The molecule has 0 bridgehead atoms. The van der Waals surface area contributed by atoms with Crippen molar-refractivity contribution < 1.29 is 9.53 Å². The molecule has 1 aliphatic rings. The average Bonchev–Trinajstić information content (AvgIpc) is 2.87. The molecule has 1 aromatic carbocycles. The van der Waals surface area contributed by atoms with Gasteiger partial charge in [0.05, 0.1) is 12.7 Å². The van der Waals surface area contributed by atoms with Gasteiger partial charge in [0.2, 0.25) is 0 Å². The molecule has 0 spiro atoms. The van der Waals surface area contributed by atoms with E-state index in [-0.39, 0.29) is 5.97 Å². The summed E-state index contributed by atoms with van der Waals surface area (Å²) in [6, 6.07) is 5.76. The van der Waals surface area contributed by atoms with Crippen molar-refractivity contribution in [1.82, 2.24) is 0 Å². The smallest absolute Gasteiger partial charge is 0.340 e. The Morgan fingerprint density at radius 2 is 2.30 bits per heavy atom. The molecule has 0 aliphatic heterocycles. The normalized spacial score (nSPS) is 21.7. The number of ether oxygens (including phenoxy) is 1. The van der Waals surface area contributed by atoms with Crippen LogP contribution in [0.15, 0.2) is 18.2 Å². The number of esters is 1. The van der Waals surface area contributed by atoms with Crippen LogP contribution in [0.4, 0.5) is 11.4 Å². The Labute approximate surface area is 124 Å². The van der Waals surface area contributed by atoms with Gasteiger partial charge in [-0.2, -0.15) is 11.8 Å². The zero-order chi connectivity index (χ0) is 14.5. The Morgan fingerprint density at radius 3 is 3.00 bits per heavy atom. The summed E-state index contributed by atoms with van der Waals surface area (Å²) in [5.74, 6) is 0.770. The highest BCUT2D eigenvalue weighted by atomic mass is 32.2. The minimum Gasteiger partial charge on any atom is -0.465 e. The lowest BCUT2D eigenvalue weighted by Gasteiger charge is -2.22. The molecular formula is C15H22N2O2S. The van der Waals surface area contributed by atoms with Crippen molar-refractivity contribution in [1.29, 1.82) is 0 Å². The number of hydrogen-bond acceptors (Lipinski definition) is 5. The molecule has 2 atom stereocenters. The van der Waals surface area contributed by atoms with Gasteiger partial charge in [-0.1, -0.05) is 13.3 Å². The molecule has 1 saturated carbocycles. The lowest BCUT2D eigenvalue weighted by molar-refractivity contribution is 0.0602. The molecule has 5 heteroatoms. The summed E-state index contributed by atoms with van der Waals surface area (Å²) in [7, 11) is 1.39. The first-order chi connectivity index (χ1) is 9.65. The van der Waals surface area contributed by atoms with Gasteiger partial charge in [0.15, 0.2) is 0 Å². The van der Waals surface area contributed by atoms with Crippen LogP contribution in [-0.4, -0.2) is 30.1 Å². The first kappa shape index (κ1) is 15.0. The number of nitrogens with one attached hydrogen (secondary N) is 1. The molecule has 1 fully saturated rings. The molecule has 0 aromatic heterocycles. The van der Waals surface area contributed by atoms with Crippen LogP contribution in [-0.2, 0) is 4.74 Å². The van der Waals surface area contributed by atoms with Gasteiger partial charge < -0.3 is 15.8 Å². The highest BCUT2D eigenvalue weighted by Crippen LogP contribution is 2.33. The van der Waals surface area contributed by atoms with Crippen LogP contribution in [0.5, 0.6) is 0 Å². The predicted octanol–water partition coefficient (Wildman–Crippen LogP) is 3.14. The zero-order valence-electron chi connectivity index (χ0n) is 12.0. The highest BCUT2D eigenvalue weighted by molar-refractivity contribution is 7.99. The van der Waals surface area contributed by atoms with Gasteiger partial charge in [-0.05, 0) is 36.8 Å². The minimum atomic E-state index is -0.350. The van der Waals surface area contributed by atoms with E-state index in [1.165, 1.54) is 20.0 Å². The van der Waals surface area contributed by atoms with Crippen molar-refractivity contribution in [3.8, 4) is 0 Å². The second-order valence-electron chi connectivity index (χ2n) is 4.97. The van der Waals surface area contributed by atoms with Crippen LogP contribution in [0.3, 0.4) is 0 Å². The summed E-state index contributed by atoms with van der Waals surface area (Å²) in [6.45, 7) is 2.18. The first-order valence-corrected chi connectivity index (χ1v) is 8.06. The molecule has 0 amide bonds. The number of nitrogen functional groups attached to an aromatic ring is 1. The Morgan fingerprint density at radius 1 is 1.50 bits per heavy atom. The van der Waals surface area contributed by atoms with Crippen LogP contribution in [0.2, 0.25) is 0 Å². The number of carbonyl (C=O) groups excluding carboxylic acids is 1. The number of methoxy groups -OCH3 is 1. The largest absolute Gasteiger partial charge is 0.465 e. The maximum Gasteiger partial charge on any atom is 0.340 e. The third-order valence-electron chi connectivity index (χ3n) is 3.62. The van der Waals surface area contributed by atoms with E-state index in [9.17, 15) is 4.79 Å². The van der Waals surface area contributed by atoms with Gasteiger partial charge in [0.1, 0.15) is 0 Å². The van der Waals surface area contributed by atoms with E-state index in [4.69, 9.17) is 10.5 Å². The standard InChI is InChI=1S/C15H22N2O2S/c1-3-20-14-6-4-5-13(14)17-12-8-7-10(16)9-11(12)15(18)19-2/h7-9,13-14,17H,3-6,16H2,1-2H3. The van der Waals surface area contributed by atoms with Crippen LogP contribution < -0.4 is 11.1 Å². The fourth-order valence-corrected chi connectivity index (χ4v) is 3.87. The quantitative estimate of drug-likeness (QED) is 0.645. The number of hydrogen-bond donors (Lipinski definition) is 2. The van der Waals surface area contributed by atoms with Crippen LogP contribution in [0, 0.1) is 0 Å². The summed E-state index contributed by atoms with van der Waals surface area (Å²) in [6.07, 6.45) is 3.61. The monoisotopic (exact) mass is 294 g/mol. The summed E-state index contributed by atoms with van der Waals surface area (Å²) >= 11 is 1.99.